The van der Waals surface area contributed by atoms with Crippen LogP contribution in [0.3, 0.4) is 0 Å². The van der Waals surface area contributed by atoms with Gasteiger partial charge in [-0.3, -0.25) is 9.56 Å². The van der Waals surface area contributed by atoms with Gasteiger partial charge in [0.05, 0.1) is 23.2 Å². The van der Waals surface area contributed by atoms with Crippen molar-refractivity contribution in [3.05, 3.63) is 139 Å². The van der Waals surface area contributed by atoms with E-state index in [0.717, 1.165) is 33.0 Å². The van der Waals surface area contributed by atoms with Gasteiger partial charge >= 0.3 is 0 Å². The van der Waals surface area contributed by atoms with Crippen LogP contribution in [0.2, 0.25) is 0 Å². The Labute approximate surface area is 262 Å². The minimum Gasteiger partial charge on any atom is -0.293 e. The third-order valence-corrected chi connectivity index (χ3v) is 10.8. The summed E-state index contributed by atoms with van der Waals surface area (Å²) in [5.74, 6) is 0.809. The highest BCUT2D eigenvalue weighted by atomic mass is 32.2. The molecule has 208 valence electrons. The Bertz CT molecular complexity index is 2510. The van der Waals surface area contributed by atoms with Crippen molar-refractivity contribution in [2.75, 3.05) is 0 Å². The van der Waals surface area contributed by atoms with Gasteiger partial charge in [-0.2, -0.15) is 0 Å². The molecule has 0 aliphatic carbocycles. The molecule has 0 N–H and O–H groups in total. The molecule has 0 saturated heterocycles. The molecule has 3 nitrogen and oxygen atoms in total. The maximum absolute atomic E-state index is 5.18. The molecule has 0 fully saturated rings. The van der Waals surface area contributed by atoms with Crippen molar-refractivity contribution in [1.29, 1.82) is 0 Å². The van der Waals surface area contributed by atoms with Crippen LogP contribution in [0.25, 0.3) is 64.1 Å². The van der Waals surface area contributed by atoms with Crippen molar-refractivity contribution in [2.24, 2.45) is 9.98 Å². The maximum Gasteiger partial charge on any atom is 0.147 e. The average Bonchev–Trinajstić information content (AvgIpc) is 3.74. The number of thiophene rings is 1. The zero-order valence-electron chi connectivity index (χ0n) is 23.7. The highest BCUT2D eigenvalue weighted by molar-refractivity contribution is 8.15. The van der Waals surface area contributed by atoms with Gasteiger partial charge in [-0.25, -0.2) is 4.99 Å². The van der Waals surface area contributed by atoms with Crippen molar-refractivity contribution < 1.29 is 0 Å². The number of rotatable bonds is 4. The molecule has 0 spiro atoms. The molecule has 0 bridgehead atoms. The number of aliphatic imine (C=N–C) groups is 2. The second-order valence-corrected chi connectivity index (χ2v) is 13.2. The van der Waals surface area contributed by atoms with Crippen molar-refractivity contribution in [1.82, 2.24) is 4.57 Å². The number of thioether (sulfide) groups is 1. The Kier molecular flexibility index (Phi) is 5.83. The molecule has 1 aliphatic heterocycles. The lowest BCUT2D eigenvalue weighted by molar-refractivity contribution is 1.08. The highest BCUT2D eigenvalue weighted by Gasteiger charge is 2.29. The van der Waals surface area contributed by atoms with Crippen LogP contribution in [0.1, 0.15) is 11.1 Å². The highest BCUT2D eigenvalue weighted by Crippen LogP contribution is 2.47. The number of hydrogen-bond acceptors (Lipinski definition) is 4. The number of para-hydroxylation sites is 1. The summed E-state index contributed by atoms with van der Waals surface area (Å²) < 4.78 is 4.94. The summed E-state index contributed by atoms with van der Waals surface area (Å²) in [6.45, 7) is 4.77. The molecule has 0 radical (unpaired) electrons. The number of nitrogens with zero attached hydrogens (tertiary/aromatic N) is 3. The maximum atomic E-state index is 5.18. The lowest BCUT2D eigenvalue weighted by Crippen LogP contribution is -2.03. The standard InChI is InChI=1S/C39H25N3S2/c1-40-38(36-29-15-7-10-18-34(29)44-39(36)41-23-24-11-3-2-4-12-24)42-32-16-8-5-13-26(32)28-20-19-25-21-35-31(22-30(25)37(28)42)27-14-6-9-17-33(27)43-35/h2-22H,1,23H2/b38-36+,41-39?. The first kappa shape index (κ1) is 25.5. The van der Waals surface area contributed by atoms with E-state index in [9.17, 15) is 0 Å². The SMILES string of the molecule is C=N/C(=C1\C(=NCc2ccccc2)Sc2ccccc21)n1c2ccccc2c2ccc3cc4sc5ccccc5c4cc3c21. The normalized spacial score (nSPS) is 15.2. The van der Waals surface area contributed by atoms with Crippen molar-refractivity contribution in [3.8, 4) is 0 Å². The molecule has 8 aromatic rings. The van der Waals surface area contributed by atoms with Crippen molar-refractivity contribution in [2.45, 2.75) is 11.4 Å². The predicted octanol–water partition coefficient (Wildman–Crippen LogP) is 11.0. The molecule has 0 amide bonds. The molecule has 44 heavy (non-hydrogen) atoms. The average molecular weight is 600 g/mol. The van der Waals surface area contributed by atoms with Gasteiger partial charge < -0.3 is 0 Å². The van der Waals surface area contributed by atoms with Gasteiger partial charge in [0.15, 0.2) is 0 Å². The predicted molar refractivity (Wildman–Crippen MR) is 192 cm³/mol. The molecule has 0 unspecified atom stereocenters. The molecule has 2 aromatic heterocycles. The first-order chi connectivity index (χ1) is 21.8. The van der Waals surface area contributed by atoms with Gasteiger partial charge in [0.1, 0.15) is 10.9 Å². The summed E-state index contributed by atoms with van der Waals surface area (Å²) in [5, 5.41) is 8.38. The monoisotopic (exact) mass is 599 g/mol. The molecule has 6 aromatic carbocycles. The van der Waals surface area contributed by atoms with Gasteiger partial charge in [0, 0.05) is 46.8 Å². The fraction of sp³-hybridized carbons (Fsp3) is 0.0256. The van der Waals surface area contributed by atoms with E-state index in [1.165, 1.54) is 52.2 Å². The molecule has 0 saturated carbocycles. The third kappa shape index (κ3) is 3.83. The number of benzene rings is 6. The van der Waals surface area contributed by atoms with Gasteiger partial charge in [-0.05, 0) is 48.0 Å². The van der Waals surface area contributed by atoms with Crippen molar-refractivity contribution >= 4 is 99.0 Å². The number of hydrogen-bond donors (Lipinski definition) is 0. The van der Waals surface area contributed by atoms with Gasteiger partial charge in [-0.15, -0.1) is 11.3 Å². The zero-order chi connectivity index (χ0) is 29.2. The molecule has 9 rings (SSSR count). The van der Waals surface area contributed by atoms with Crippen LogP contribution in [-0.4, -0.2) is 16.3 Å². The van der Waals surface area contributed by atoms with E-state index >= 15 is 0 Å². The van der Waals surface area contributed by atoms with Crippen LogP contribution in [0.15, 0.2) is 142 Å². The fourth-order valence-corrected chi connectivity index (χ4v) is 8.79. The second kappa shape index (κ2) is 10.1. The van der Waals surface area contributed by atoms with Crippen LogP contribution in [0, 0.1) is 0 Å². The topological polar surface area (TPSA) is 29.6 Å². The Hall–Kier alpha value is -4.97. The zero-order valence-corrected chi connectivity index (χ0v) is 25.3. The molecule has 3 heterocycles. The lowest BCUT2D eigenvalue weighted by atomic mass is 10.0. The van der Waals surface area contributed by atoms with E-state index in [1.807, 2.05) is 17.4 Å². The summed E-state index contributed by atoms with van der Waals surface area (Å²) in [5.41, 5.74) is 5.60. The first-order valence-electron chi connectivity index (χ1n) is 14.6. The van der Waals surface area contributed by atoms with Gasteiger partial charge in [0.25, 0.3) is 0 Å². The molecular formula is C39H25N3S2. The Morgan fingerprint density at radius 1 is 0.659 bits per heavy atom. The van der Waals surface area contributed by atoms with E-state index in [-0.39, 0.29) is 0 Å². The summed E-state index contributed by atoms with van der Waals surface area (Å²) in [6, 6.07) is 45.6. The van der Waals surface area contributed by atoms with Crippen LogP contribution >= 0.6 is 23.1 Å². The lowest BCUT2D eigenvalue weighted by Gasteiger charge is -2.14. The minimum atomic E-state index is 0.602. The van der Waals surface area contributed by atoms with Gasteiger partial charge in [-0.1, -0.05) is 109 Å². The fourth-order valence-electron chi connectivity index (χ4n) is 6.59. The third-order valence-electron chi connectivity index (χ3n) is 8.56. The van der Waals surface area contributed by atoms with E-state index in [0.29, 0.717) is 6.54 Å². The summed E-state index contributed by atoms with van der Waals surface area (Å²) in [6.07, 6.45) is 0. The summed E-state index contributed by atoms with van der Waals surface area (Å²) in [4.78, 5) is 11.2. The van der Waals surface area contributed by atoms with Crippen molar-refractivity contribution in [3.63, 3.8) is 0 Å². The van der Waals surface area contributed by atoms with Crippen LogP contribution in [0.5, 0.6) is 0 Å². The second-order valence-electron chi connectivity index (χ2n) is 11.0. The van der Waals surface area contributed by atoms with Gasteiger partial charge in [0.2, 0.25) is 0 Å². The smallest absolute Gasteiger partial charge is 0.147 e. The Morgan fingerprint density at radius 2 is 1.43 bits per heavy atom. The van der Waals surface area contributed by atoms with E-state index in [1.54, 1.807) is 11.8 Å². The molecular weight excluding hydrogens is 575 g/mol. The Morgan fingerprint density at radius 3 is 2.32 bits per heavy atom. The summed E-state index contributed by atoms with van der Waals surface area (Å²) >= 11 is 3.57. The molecule has 5 heteroatoms. The van der Waals surface area contributed by atoms with Crippen LogP contribution < -0.4 is 0 Å². The van der Waals surface area contributed by atoms with Crippen LogP contribution in [0.4, 0.5) is 0 Å². The largest absolute Gasteiger partial charge is 0.293 e. The van der Waals surface area contributed by atoms with Crippen LogP contribution in [-0.2, 0) is 6.54 Å². The first-order valence-corrected chi connectivity index (χ1v) is 16.3. The Balaban J connectivity index is 1.40. The number of fused-ring (bicyclic) bond motifs is 9. The number of aromatic nitrogens is 1. The van der Waals surface area contributed by atoms with E-state index in [4.69, 9.17) is 9.98 Å². The van der Waals surface area contributed by atoms with E-state index < -0.39 is 0 Å². The van der Waals surface area contributed by atoms with E-state index in [2.05, 4.69) is 133 Å². The molecule has 1 aliphatic rings. The molecule has 0 atom stereocenters. The quantitative estimate of drug-likeness (QED) is 0.185. The summed E-state index contributed by atoms with van der Waals surface area (Å²) in [7, 11) is 0. The minimum absolute atomic E-state index is 0.602.